The summed E-state index contributed by atoms with van der Waals surface area (Å²) in [5.74, 6) is 0. The Morgan fingerprint density at radius 1 is 1.21 bits per heavy atom. The van der Waals surface area contributed by atoms with Crippen LogP contribution in [0.5, 0.6) is 0 Å². The van der Waals surface area contributed by atoms with Crippen LogP contribution >= 0.6 is 24.3 Å². The third kappa shape index (κ3) is 10.5. The highest BCUT2D eigenvalue weighted by molar-refractivity contribution is 8.20. The number of thiocarbonyl (C=S) groups is 1. The van der Waals surface area contributed by atoms with Gasteiger partial charge in [0.2, 0.25) is 0 Å². The summed E-state index contributed by atoms with van der Waals surface area (Å²) in [4.78, 5) is 0. The quantitative estimate of drug-likeness (QED) is 0.341. The van der Waals surface area contributed by atoms with Gasteiger partial charge in [0, 0.05) is 12.0 Å². The summed E-state index contributed by atoms with van der Waals surface area (Å²) < 4.78 is 6.35. The Balaban J connectivity index is 3.18. The third-order valence-corrected chi connectivity index (χ3v) is 3.10. The highest BCUT2D eigenvalue weighted by Gasteiger charge is 2.00. The molecule has 0 bridgehead atoms. The molecule has 0 aliphatic rings. The van der Waals surface area contributed by atoms with Gasteiger partial charge in [0.15, 0.2) is 0 Å². The van der Waals surface area contributed by atoms with Crippen molar-refractivity contribution in [3.8, 4) is 0 Å². The van der Waals surface area contributed by atoms with Crippen molar-refractivity contribution < 1.29 is 4.18 Å². The van der Waals surface area contributed by atoms with Gasteiger partial charge in [0.05, 0.1) is 10.3 Å². The molecule has 0 radical (unpaired) electrons. The predicted molar refractivity (Wildman–Crippen MR) is 69.8 cm³/mol. The van der Waals surface area contributed by atoms with Gasteiger partial charge in [-0.15, -0.1) is 0 Å². The second kappa shape index (κ2) is 9.94. The van der Waals surface area contributed by atoms with Crippen LogP contribution < -0.4 is 0 Å². The Kier molecular flexibility index (Phi) is 10.2. The monoisotopic (exact) mass is 234 g/mol. The van der Waals surface area contributed by atoms with E-state index in [0.717, 1.165) is 10.6 Å². The molecule has 0 aromatic rings. The van der Waals surface area contributed by atoms with Crippen LogP contribution in [0.25, 0.3) is 0 Å². The van der Waals surface area contributed by atoms with Gasteiger partial charge in [-0.05, 0) is 26.7 Å². The minimum atomic E-state index is 0.262. The van der Waals surface area contributed by atoms with Gasteiger partial charge in [-0.1, -0.05) is 44.8 Å². The molecular weight excluding hydrogens is 212 g/mol. The van der Waals surface area contributed by atoms with E-state index in [-0.39, 0.29) is 6.10 Å². The lowest BCUT2D eigenvalue weighted by Crippen LogP contribution is -1.98. The van der Waals surface area contributed by atoms with E-state index in [4.69, 9.17) is 16.4 Å². The van der Waals surface area contributed by atoms with Crippen molar-refractivity contribution in [3.05, 3.63) is 0 Å². The van der Waals surface area contributed by atoms with E-state index in [2.05, 4.69) is 6.92 Å². The summed E-state index contributed by atoms with van der Waals surface area (Å²) in [6.45, 7) is 6.28. The van der Waals surface area contributed by atoms with E-state index in [1.807, 2.05) is 13.8 Å². The molecule has 1 nitrogen and oxygen atoms in total. The molecule has 0 heterocycles. The minimum Gasteiger partial charge on any atom is -0.307 e. The van der Waals surface area contributed by atoms with Crippen molar-refractivity contribution in [1.29, 1.82) is 0 Å². The van der Waals surface area contributed by atoms with Gasteiger partial charge < -0.3 is 4.18 Å². The SMILES string of the molecule is CCCCCCCC(=S)SOC(C)C. The molecule has 0 aliphatic carbocycles. The van der Waals surface area contributed by atoms with Gasteiger partial charge in [0.25, 0.3) is 0 Å². The van der Waals surface area contributed by atoms with Gasteiger partial charge in [-0.25, -0.2) is 0 Å². The van der Waals surface area contributed by atoms with E-state index in [9.17, 15) is 0 Å². The van der Waals surface area contributed by atoms with Gasteiger partial charge in [-0.3, -0.25) is 0 Å². The Hall–Kier alpha value is 0.400. The molecule has 0 N–H and O–H groups in total. The Bertz CT molecular complexity index is 146. The minimum absolute atomic E-state index is 0.262. The van der Waals surface area contributed by atoms with Crippen LogP contribution in [0.2, 0.25) is 0 Å². The highest BCUT2D eigenvalue weighted by atomic mass is 32.2. The zero-order chi connectivity index (χ0) is 10.8. The molecule has 0 atom stereocenters. The second-order valence-corrected chi connectivity index (χ2v) is 5.37. The van der Waals surface area contributed by atoms with Crippen LogP contribution in [0.4, 0.5) is 0 Å². The summed E-state index contributed by atoms with van der Waals surface area (Å²) in [5.41, 5.74) is 0. The van der Waals surface area contributed by atoms with Crippen LogP contribution in [0.3, 0.4) is 0 Å². The van der Waals surface area contributed by atoms with Crippen molar-refractivity contribution in [2.24, 2.45) is 0 Å². The van der Waals surface area contributed by atoms with E-state index < -0.39 is 0 Å². The van der Waals surface area contributed by atoms with Crippen LogP contribution in [-0.2, 0) is 4.18 Å². The average molecular weight is 234 g/mol. The Labute approximate surface area is 98.2 Å². The zero-order valence-corrected chi connectivity index (χ0v) is 11.2. The zero-order valence-electron chi connectivity index (χ0n) is 9.54. The molecule has 14 heavy (non-hydrogen) atoms. The Morgan fingerprint density at radius 2 is 1.86 bits per heavy atom. The first kappa shape index (κ1) is 14.4. The van der Waals surface area contributed by atoms with Crippen LogP contribution in [0, 0.1) is 0 Å². The molecule has 0 amide bonds. The molecular formula is C11H22OS2. The summed E-state index contributed by atoms with van der Waals surface area (Å²) in [7, 11) is 0. The number of hydrogen-bond acceptors (Lipinski definition) is 3. The molecule has 0 aliphatic heterocycles. The van der Waals surface area contributed by atoms with E-state index >= 15 is 0 Å². The molecule has 3 heteroatoms. The highest BCUT2D eigenvalue weighted by Crippen LogP contribution is 2.15. The van der Waals surface area contributed by atoms with Crippen molar-refractivity contribution >= 4 is 28.5 Å². The van der Waals surface area contributed by atoms with Crippen molar-refractivity contribution in [3.63, 3.8) is 0 Å². The molecule has 0 spiro atoms. The first-order chi connectivity index (χ1) is 6.66. The first-order valence-electron chi connectivity index (χ1n) is 5.53. The molecule has 0 unspecified atom stereocenters. The molecule has 0 aromatic heterocycles. The molecule has 0 fully saturated rings. The van der Waals surface area contributed by atoms with Gasteiger partial charge in [0.1, 0.15) is 0 Å². The standard InChI is InChI=1S/C11H22OS2/c1-4-5-6-7-8-9-11(13)14-12-10(2)3/h10H,4-9H2,1-3H3. The fourth-order valence-corrected chi connectivity index (χ4v) is 1.85. The predicted octanol–water partition coefficient (Wildman–Crippen LogP) is 4.75. The number of hydrogen-bond donors (Lipinski definition) is 0. The lowest BCUT2D eigenvalue weighted by atomic mass is 10.1. The van der Waals surface area contributed by atoms with Crippen molar-refractivity contribution in [1.82, 2.24) is 0 Å². The third-order valence-electron chi connectivity index (χ3n) is 1.82. The van der Waals surface area contributed by atoms with E-state index in [0.29, 0.717) is 0 Å². The summed E-state index contributed by atoms with van der Waals surface area (Å²) in [6, 6.07) is 0. The average Bonchev–Trinajstić information content (AvgIpc) is 2.14. The molecule has 84 valence electrons. The van der Waals surface area contributed by atoms with Crippen molar-refractivity contribution in [2.45, 2.75) is 65.4 Å². The summed E-state index contributed by atoms with van der Waals surface area (Å²) in [5, 5.41) is 0. The normalized spacial score (nSPS) is 10.9. The van der Waals surface area contributed by atoms with Crippen LogP contribution in [0.15, 0.2) is 0 Å². The maximum absolute atomic E-state index is 5.36. The van der Waals surface area contributed by atoms with E-state index in [1.54, 1.807) is 0 Å². The fourth-order valence-electron chi connectivity index (χ4n) is 1.06. The van der Waals surface area contributed by atoms with Crippen LogP contribution in [-0.4, -0.2) is 10.3 Å². The van der Waals surface area contributed by atoms with Crippen molar-refractivity contribution in [2.75, 3.05) is 0 Å². The molecule has 0 rings (SSSR count). The Morgan fingerprint density at radius 3 is 2.43 bits per heavy atom. The largest absolute Gasteiger partial charge is 0.307 e. The van der Waals surface area contributed by atoms with E-state index in [1.165, 1.54) is 44.1 Å². The smallest absolute Gasteiger partial charge is 0.0757 e. The maximum Gasteiger partial charge on any atom is 0.0757 e. The lowest BCUT2D eigenvalue weighted by molar-refractivity contribution is 0.293. The topological polar surface area (TPSA) is 9.23 Å². The van der Waals surface area contributed by atoms with Crippen LogP contribution in [0.1, 0.15) is 59.3 Å². The van der Waals surface area contributed by atoms with Gasteiger partial charge in [-0.2, -0.15) is 0 Å². The number of rotatable bonds is 8. The summed E-state index contributed by atoms with van der Waals surface area (Å²) >= 11 is 6.57. The molecule has 0 aromatic carbocycles. The van der Waals surface area contributed by atoms with Gasteiger partial charge >= 0.3 is 0 Å². The lowest BCUT2D eigenvalue weighted by Gasteiger charge is -2.06. The maximum atomic E-state index is 5.36. The summed E-state index contributed by atoms with van der Waals surface area (Å²) in [6.07, 6.45) is 7.80. The fraction of sp³-hybridized carbons (Fsp3) is 0.909. The molecule has 0 saturated carbocycles. The number of unbranched alkanes of at least 4 members (excludes halogenated alkanes) is 4. The second-order valence-electron chi connectivity index (χ2n) is 3.76. The first-order valence-corrected chi connectivity index (χ1v) is 6.68. The molecule has 0 saturated heterocycles.